The zero-order valence-electron chi connectivity index (χ0n) is 13.7. The van der Waals surface area contributed by atoms with Gasteiger partial charge in [-0.25, -0.2) is 4.79 Å². The van der Waals surface area contributed by atoms with Crippen LogP contribution in [-0.2, 0) is 0 Å². The monoisotopic (exact) mass is 332 g/mol. The van der Waals surface area contributed by atoms with Gasteiger partial charge in [-0.1, -0.05) is 6.07 Å². The Morgan fingerprint density at radius 2 is 2.33 bits per heavy atom. The van der Waals surface area contributed by atoms with Gasteiger partial charge >= 0.3 is 6.03 Å². The summed E-state index contributed by atoms with van der Waals surface area (Å²) >= 11 is 0. The van der Waals surface area contributed by atoms with Crippen molar-refractivity contribution in [3.63, 3.8) is 0 Å². The minimum atomic E-state index is -0.608. The van der Waals surface area contributed by atoms with Crippen LogP contribution in [0, 0.1) is 21.4 Å². The number of carbonyl (C=O) groups is 1. The molecule has 128 valence electrons. The van der Waals surface area contributed by atoms with Crippen LogP contribution in [0.5, 0.6) is 5.75 Å². The van der Waals surface area contributed by atoms with Crippen LogP contribution in [0.4, 0.5) is 10.5 Å². The molecule has 1 N–H and O–H groups in total. The average molecular weight is 332 g/mol. The van der Waals surface area contributed by atoms with Gasteiger partial charge in [-0.2, -0.15) is 5.26 Å². The molecule has 1 heterocycles. The molecule has 2 amide bonds. The zero-order valence-corrected chi connectivity index (χ0v) is 13.7. The van der Waals surface area contributed by atoms with Crippen LogP contribution < -0.4 is 10.1 Å². The second kappa shape index (κ2) is 7.64. The van der Waals surface area contributed by atoms with Crippen molar-refractivity contribution in [1.29, 1.82) is 5.26 Å². The molecule has 0 aromatic heterocycles. The lowest BCUT2D eigenvalue weighted by molar-refractivity contribution is -0.385. The molecule has 2 rings (SSSR count). The molecule has 0 aliphatic carbocycles. The first kappa shape index (κ1) is 17.5. The molecule has 1 aromatic carbocycles. The highest BCUT2D eigenvalue weighted by Gasteiger charge is 2.30. The molecule has 0 radical (unpaired) electrons. The number of nitro benzene ring substituents is 1. The molecule has 1 saturated heterocycles. The predicted molar refractivity (Wildman–Crippen MR) is 86.7 cm³/mol. The molecule has 8 nitrogen and oxygen atoms in total. The minimum Gasteiger partial charge on any atom is -0.490 e. The molecule has 1 aliphatic rings. The third kappa shape index (κ3) is 3.93. The summed E-state index contributed by atoms with van der Waals surface area (Å²) in [5.74, 6) is 0.169. The number of hydrogen-bond acceptors (Lipinski definition) is 5. The van der Waals surface area contributed by atoms with Crippen LogP contribution in [0.1, 0.15) is 32.3 Å². The Morgan fingerprint density at radius 1 is 1.58 bits per heavy atom. The topological polar surface area (TPSA) is 108 Å². The summed E-state index contributed by atoms with van der Waals surface area (Å²) in [6.07, 6.45) is 1.67. The molecule has 0 bridgehead atoms. The Balaban J connectivity index is 2.08. The maximum Gasteiger partial charge on any atom is 0.317 e. The Bertz CT molecular complexity index is 669. The van der Waals surface area contributed by atoms with E-state index < -0.39 is 4.92 Å². The van der Waals surface area contributed by atoms with Crippen LogP contribution in [0.2, 0.25) is 0 Å². The lowest BCUT2D eigenvalue weighted by Crippen LogP contribution is -2.47. The van der Waals surface area contributed by atoms with E-state index in [2.05, 4.69) is 5.32 Å². The molecule has 8 heteroatoms. The predicted octanol–water partition coefficient (Wildman–Crippen LogP) is 2.43. The van der Waals surface area contributed by atoms with E-state index in [-0.39, 0.29) is 41.7 Å². The lowest BCUT2D eigenvalue weighted by Gasteiger charge is -2.26. The van der Waals surface area contributed by atoms with Gasteiger partial charge in [0.25, 0.3) is 5.69 Å². The van der Waals surface area contributed by atoms with E-state index in [4.69, 9.17) is 4.74 Å². The Kier molecular flexibility index (Phi) is 5.58. The molecule has 1 aliphatic heterocycles. The highest BCUT2D eigenvalue weighted by Crippen LogP contribution is 2.28. The van der Waals surface area contributed by atoms with Crippen molar-refractivity contribution in [1.82, 2.24) is 10.2 Å². The number of carbonyl (C=O) groups excluding carboxylic acids is 1. The van der Waals surface area contributed by atoms with Gasteiger partial charge in [0.05, 0.1) is 11.0 Å². The van der Waals surface area contributed by atoms with E-state index in [1.807, 2.05) is 19.9 Å². The van der Waals surface area contributed by atoms with Crippen molar-refractivity contribution in [2.45, 2.75) is 38.8 Å². The van der Waals surface area contributed by atoms with Gasteiger partial charge < -0.3 is 15.0 Å². The van der Waals surface area contributed by atoms with Crippen molar-refractivity contribution in [3.8, 4) is 11.8 Å². The highest BCUT2D eigenvalue weighted by molar-refractivity contribution is 5.75. The number of likely N-dealkylation sites (tertiary alicyclic amines) is 1. The first-order chi connectivity index (χ1) is 11.4. The van der Waals surface area contributed by atoms with Gasteiger partial charge in [-0.15, -0.1) is 0 Å². The average Bonchev–Trinajstić information content (AvgIpc) is 3.00. The van der Waals surface area contributed by atoms with Crippen LogP contribution in [-0.4, -0.2) is 41.1 Å². The number of hydrogen-bond donors (Lipinski definition) is 1. The van der Waals surface area contributed by atoms with E-state index in [1.54, 1.807) is 4.90 Å². The number of urea groups is 1. The zero-order chi connectivity index (χ0) is 17.7. The fourth-order valence-corrected chi connectivity index (χ4v) is 2.70. The van der Waals surface area contributed by atoms with Gasteiger partial charge in [0.2, 0.25) is 0 Å². The van der Waals surface area contributed by atoms with Gasteiger partial charge in [-0.05, 0) is 32.8 Å². The number of nitrogens with zero attached hydrogens (tertiary/aromatic N) is 3. The quantitative estimate of drug-likeness (QED) is 0.658. The summed E-state index contributed by atoms with van der Waals surface area (Å²) in [5.41, 5.74) is -0.380. The van der Waals surface area contributed by atoms with Crippen molar-refractivity contribution in [3.05, 3.63) is 33.9 Å². The summed E-state index contributed by atoms with van der Waals surface area (Å²) < 4.78 is 5.64. The molecule has 24 heavy (non-hydrogen) atoms. The number of benzene rings is 1. The summed E-state index contributed by atoms with van der Waals surface area (Å²) in [6, 6.07) is 5.88. The molecule has 0 spiro atoms. The molecule has 0 unspecified atom stereocenters. The van der Waals surface area contributed by atoms with E-state index in [9.17, 15) is 20.2 Å². The first-order valence-electron chi connectivity index (χ1n) is 7.81. The van der Waals surface area contributed by atoms with Crippen LogP contribution in [0.15, 0.2) is 18.2 Å². The molecule has 1 atom stereocenters. The highest BCUT2D eigenvalue weighted by atomic mass is 16.6. The maximum absolute atomic E-state index is 12.2. The number of nitro groups is 1. The van der Waals surface area contributed by atoms with E-state index in [0.717, 1.165) is 12.8 Å². The number of ether oxygens (including phenoxy) is 1. The largest absolute Gasteiger partial charge is 0.490 e. The lowest BCUT2D eigenvalue weighted by atomic mass is 10.1. The molecule has 1 fully saturated rings. The Morgan fingerprint density at radius 3 is 2.96 bits per heavy atom. The van der Waals surface area contributed by atoms with Crippen molar-refractivity contribution >= 4 is 11.7 Å². The Hall–Kier alpha value is -2.82. The number of amides is 2. The SMILES string of the molecule is CC(C)NC(=O)N1CCC[C@@H]1COc1cccc([N+](=O)[O-])c1C#N. The Labute approximate surface area is 140 Å². The summed E-state index contributed by atoms with van der Waals surface area (Å²) in [5, 5.41) is 23.0. The first-order valence-corrected chi connectivity index (χ1v) is 7.81. The second-order valence-corrected chi connectivity index (χ2v) is 5.92. The van der Waals surface area contributed by atoms with E-state index in [0.29, 0.717) is 6.54 Å². The minimum absolute atomic E-state index is 0.0432. The van der Waals surface area contributed by atoms with Gasteiger partial charge in [0.15, 0.2) is 5.56 Å². The summed E-state index contributed by atoms with van der Waals surface area (Å²) in [7, 11) is 0. The van der Waals surface area contributed by atoms with Gasteiger partial charge in [0.1, 0.15) is 18.4 Å². The number of rotatable bonds is 5. The van der Waals surface area contributed by atoms with E-state index >= 15 is 0 Å². The van der Waals surface area contributed by atoms with Crippen LogP contribution in [0.3, 0.4) is 0 Å². The van der Waals surface area contributed by atoms with Crippen molar-refractivity contribution in [2.24, 2.45) is 0 Å². The third-order valence-electron chi connectivity index (χ3n) is 3.79. The van der Waals surface area contributed by atoms with Gasteiger partial charge in [-0.3, -0.25) is 10.1 Å². The smallest absolute Gasteiger partial charge is 0.317 e. The molecule has 1 aromatic rings. The molecular formula is C16H20N4O4. The molecule has 0 saturated carbocycles. The number of nitriles is 1. The summed E-state index contributed by atoms with van der Waals surface area (Å²) in [6.45, 7) is 4.62. The fraction of sp³-hybridized carbons (Fsp3) is 0.500. The molecular weight excluding hydrogens is 312 g/mol. The van der Waals surface area contributed by atoms with Crippen LogP contribution in [0.25, 0.3) is 0 Å². The second-order valence-electron chi connectivity index (χ2n) is 5.92. The fourth-order valence-electron chi connectivity index (χ4n) is 2.70. The standard InChI is InChI=1S/C16H20N4O4/c1-11(2)18-16(21)19-8-4-5-12(19)10-24-15-7-3-6-14(20(22)23)13(15)9-17/h3,6-7,11-12H,4-5,8,10H2,1-2H3,(H,18,21)/t12-/m1/s1. The number of nitrogens with one attached hydrogen (secondary N) is 1. The van der Waals surface area contributed by atoms with Crippen molar-refractivity contribution < 1.29 is 14.5 Å². The maximum atomic E-state index is 12.2. The van der Waals surface area contributed by atoms with Gasteiger partial charge in [0, 0.05) is 18.7 Å². The van der Waals surface area contributed by atoms with E-state index in [1.165, 1.54) is 18.2 Å². The third-order valence-corrected chi connectivity index (χ3v) is 3.79. The van der Waals surface area contributed by atoms with Crippen LogP contribution >= 0.6 is 0 Å². The summed E-state index contributed by atoms with van der Waals surface area (Å²) in [4.78, 5) is 24.2. The normalized spacial score (nSPS) is 16.8. The van der Waals surface area contributed by atoms with Crippen molar-refractivity contribution in [2.75, 3.05) is 13.2 Å².